The maximum Gasteiger partial charge on any atom is 0.218 e. The van der Waals surface area contributed by atoms with Crippen molar-refractivity contribution in [2.24, 2.45) is 0 Å². The van der Waals surface area contributed by atoms with Crippen molar-refractivity contribution < 1.29 is 4.79 Å². The molecule has 14 heavy (non-hydrogen) atoms. The number of hydrogen-bond donors (Lipinski definition) is 0. The van der Waals surface area contributed by atoms with Crippen LogP contribution in [-0.2, 0) is 4.79 Å². The SMILES string of the molecule is CCCCCC(Cl)(CCCC)C(=O)Br. The molecule has 0 aliphatic carbocycles. The highest BCUT2D eigenvalue weighted by molar-refractivity contribution is 9.18. The number of carbonyl (C=O) groups is 1. The molecule has 0 rings (SSSR count). The Hall–Kier alpha value is 0.440. The summed E-state index contributed by atoms with van der Waals surface area (Å²) in [5.74, 6) is 0. The zero-order valence-electron chi connectivity index (χ0n) is 9.11. The van der Waals surface area contributed by atoms with Gasteiger partial charge in [0.05, 0.1) is 0 Å². The Morgan fingerprint density at radius 2 is 1.64 bits per heavy atom. The van der Waals surface area contributed by atoms with E-state index in [4.69, 9.17) is 11.6 Å². The van der Waals surface area contributed by atoms with E-state index in [1.54, 1.807) is 0 Å². The molecule has 3 heteroatoms. The molecule has 0 amide bonds. The summed E-state index contributed by atoms with van der Waals surface area (Å²) in [7, 11) is 0. The summed E-state index contributed by atoms with van der Waals surface area (Å²) in [6.07, 6.45) is 7.06. The molecule has 0 spiro atoms. The van der Waals surface area contributed by atoms with Gasteiger partial charge in [-0.2, -0.15) is 0 Å². The van der Waals surface area contributed by atoms with E-state index < -0.39 is 4.87 Å². The largest absolute Gasteiger partial charge is 0.285 e. The number of alkyl halides is 1. The van der Waals surface area contributed by atoms with Crippen LogP contribution in [-0.4, -0.2) is 9.57 Å². The van der Waals surface area contributed by atoms with Gasteiger partial charge in [-0.15, -0.1) is 11.6 Å². The van der Waals surface area contributed by atoms with Gasteiger partial charge in [-0.1, -0.05) is 46.0 Å². The molecule has 0 N–H and O–H groups in total. The average molecular weight is 284 g/mol. The molecule has 0 saturated heterocycles. The van der Waals surface area contributed by atoms with E-state index in [0.29, 0.717) is 0 Å². The Kier molecular flexibility index (Phi) is 7.94. The van der Waals surface area contributed by atoms with E-state index in [2.05, 4.69) is 29.8 Å². The summed E-state index contributed by atoms with van der Waals surface area (Å²) < 4.78 is -0.0452. The molecule has 0 aromatic heterocycles. The van der Waals surface area contributed by atoms with Gasteiger partial charge in [-0.25, -0.2) is 0 Å². The van der Waals surface area contributed by atoms with Crippen molar-refractivity contribution in [2.75, 3.05) is 0 Å². The van der Waals surface area contributed by atoms with Crippen molar-refractivity contribution in [3.8, 4) is 0 Å². The molecule has 0 aliphatic heterocycles. The van der Waals surface area contributed by atoms with Crippen LogP contribution in [0.1, 0.15) is 58.8 Å². The minimum atomic E-state index is -0.648. The van der Waals surface area contributed by atoms with Gasteiger partial charge in [0.1, 0.15) is 4.87 Å². The Labute approximate surface area is 101 Å². The highest BCUT2D eigenvalue weighted by Crippen LogP contribution is 2.32. The van der Waals surface area contributed by atoms with Gasteiger partial charge in [-0.3, -0.25) is 4.79 Å². The van der Waals surface area contributed by atoms with Crippen molar-refractivity contribution in [3.63, 3.8) is 0 Å². The second kappa shape index (κ2) is 7.70. The number of unbranched alkanes of at least 4 members (excludes halogenated alkanes) is 3. The zero-order valence-corrected chi connectivity index (χ0v) is 11.5. The van der Waals surface area contributed by atoms with Gasteiger partial charge < -0.3 is 0 Å². The predicted octanol–water partition coefficient (Wildman–Crippen LogP) is 4.66. The van der Waals surface area contributed by atoms with Gasteiger partial charge in [0.15, 0.2) is 0 Å². The first kappa shape index (κ1) is 14.4. The molecule has 0 aromatic carbocycles. The van der Waals surface area contributed by atoms with Crippen LogP contribution >= 0.6 is 27.5 Å². The standard InChI is InChI=1S/C11H20BrClO/c1-3-5-7-9-11(13,10(12)14)8-6-4-2/h3-9H2,1-2H3. The molecule has 0 heterocycles. The lowest BCUT2D eigenvalue weighted by Gasteiger charge is -2.22. The van der Waals surface area contributed by atoms with Crippen LogP contribution in [0.2, 0.25) is 0 Å². The number of rotatable bonds is 8. The van der Waals surface area contributed by atoms with Crippen LogP contribution in [0, 0.1) is 0 Å². The molecule has 0 radical (unpaired) electrons. The van der Waals surface area contributed by atoms with E-state index in [1.807, 2.05) is 0 Å². The highest BCUT2D eigenvalue weighted by Gasteiger charge is 2.32. The molecule has 1 atom stereocenters. The summed E-state index contributed by atoms with van der Waals surface area (Å²) >= 11 is 9.30. The minimum absolute atomic E-state index is 0.0452. The fraction of sp³-hybridized carbons (Fsp3) is 0.909. The molecule has 0 fully saturated rings. The summed E-state index contributed by atoms with van der Waals surface area (Å²) in [6, 6.07) is 0. The average Bonchev–Trinajstić information content (AvgIpc) is 2.15. The Bertz CT molecular complexity index is 173. The second-order valence-corrected chi connectivity index (χ2v) is 5.24. The van der Waals surface area contributed by atoms with E-state index in [-0.39, 0.29) is 4.69 Å². The first-order valence-electron chi connectivity index (χ1n) is 5.45. The van der Waals surface area contributed by atoms with Gasteiger partial charge >= 0.3 is 0 Å². The molecule has 0 aromatic rings. The molecule has 0 saturated carbocycles. The van der Waals surface area contributed by atoms with Crippen molar-refractivity contribution in [3.05, 3.63) is 0 Å². The lowest BCUT2D eigenvalue weighted by atomic mass is 9.96. The van der Waals surface area contributed by atoms with E-state index in [1.165, 1.54) is 0 Å². The maximum absolute atomic E-state index is 11.4. The first-order valence-corrected chi connectivity index (χ1v) is 6.62. The smallest absolute Gasteiger partial charge is 0.218 e. The van der Waals surface area contributed by atoms with Gasteiger partial charge in [-0.05, 0) is 28.8 Å². The first-order chi connectivity index (χ1) is 6.56. The predicted molar refractivity (Wildman–Crippen MR) is 66.2 cm³/mol. The van der Waals surface area contributed by atoms with Crippen LogP contribution in [0.4, 0.5) is 0 Å². The van der Waals surface area contributed by atoms with Crippen molar-refractivity contribution in [1.29, 1.82) is 0 Å². The molecule has 84 valence electrons. The van der Waals surface area contributed by atoms with Crippen LogP contribution in [0.3, 0.4) is 0 Å². The summed E-state index contributed by atoms with van der Waals surface area (Å²) in [6.45, 7) is 4.26. The van der Waals surface area contributed by atoms with Gasteiger partial charge in [0, 0.05) is 0 Å². The lowest BCUT2D eigenvalue weighted by Crippen LogP contribution is -2.28. The molecule has 1 nitrogen and oxygen atoms in total. The quantitative estimate of drug-likeness (QED) is 0.360. The number of hydrogen-bond acceptors (Lipinski definition) is 1. The fourth-order valence-corrected chi connectivity index (χ4v) is 2.10. The minimum Gasteiger partial charge on any atom is -0.285 e. The molecular weight excluding hydrogens is 263 g/mol. The maximum atomic E-state index is 11.4. The normalized spacial score (nSPS) is 15.1. The molecule has 0 bridgehead atoms. The lowest BCUT2D eigenvalue weighted by molar-refractivity contribution is -0.113. The van der Waals surface area contributed by atoms with Crippen LogP contribution in [0.25, 0.3) is 0 Å². The van der Waals surface area contributed by atoms with Crippen LogP contribution in [0.15, 0.2) is 0 Å². The third-order valence-corrected chi connectivity index (χ3v) is 3.99. The topological polar surface area (TPSA) is 17.1 Å². The highest BCUT2D eigenvalue weighted by atomic mass is 79.9. The fourth-order valence-electron chi connectivity index (χ4n) is 1.43. The third kappa shape index (κ3) is 5.35. The van der Waals surface area contributed by atoms with E-state index >= 15 is 0 Å². The van der Waals surface area contributed by atoms with Gasteiger partial charge in [0.25, 0.3) is 0 Å². The third-order valence-electron chi connectivity index (χ3n) is 2.46. The Morgan fingerprint density at radius 1 is 1.14 bits per heavy atom. The molecule has 0 aliphatic rings. The van der Waals surface area contributed by atoms with E-state index in [0.717, 1.165) is 44.9 Å². The molecular formula is C11H20BrClO. The number of halogens is 2. The molecule has 1 unspecified atom stereocenters. The number of carbonyl (C=O) groups excluding carboxylic acids is 1. The van der Waals surface area contributed by atoms with Crippen LogP contribution in [0.5, 0.6) is 0 Å². The second-order valence-electron chi connectivity index (χ2n) is 3.80. The summed E-state index contributed by atoms with van der Waals surface area (Å²) in [5.41, 5.74) is 0. The zero-order chi connectivity index (χ0) is 11.0. The summed E-state index contributed by atoms with van der Waals surface area (Å²) in [5, 5.41) is 0. The van der Waals surface area contributed by atoms with Gasteiger partial charge in [0.2, 0.25) is 4.69 Å². The van der Waals surface area contributed by atoms with Crippen LogP contribution < -0.4 is 0 Å². The van der Waals surface area contributed by atoms with Crippen molar-refractivity contribution in [1.82, 2.24) is 0 Å². The summed E-state index contributed by atoms with van der Waals surface area (Å²) in [4.78, 5) is 10.7. The van der Waals surface area contributed by atoms with E-state index in [9.17, 15) is 4.79 Å². The monoisotopic (exact) mass is 282 g/mol. The van der Waals surface area contributed by atoms with Crippen molar-refractivity contribution in [2.45, 2.75) is 63.7 Å². The Balaban J connectivity index is 4.03. The Morgan fingerprint density at radius 3 is 2.07 bits per heavy atom. The van der Waals surface area contributed by atoms with Crippen molar-refractivity contribution >= 4 is 32.2 Å².